The molecule has 2 N–H and O–H groups in total. The predicted molar refractivity (Wildman–Crippen MR) is 51.7 cm³/mol. The molecule has 0 fully saturated rings. The molecule has 4 nitrogen and oxygen atoms in total. The van der Waals surface area contributed by atoms with Crippen molar-refractivity contribution in [2.75, 3.05) is 5.73 Å². The fourth-order valence-electron chi connectivity index (χ4n) is 1.71. The van der Waals surface area contributed by atoms with Crippen LogP contribution in [-0.2, 0) is 6.67 Å². The van der Waals surface area contributed by atoms with Crippen molar-refractivity contribution in [3.63, 3.8) is 0 Å². The molecule has 0 aliphatic carbocycles. The lowest BCUT2D eigenvalue weighted by atomic mass is 10.1. The van der Waals surface area contributed by atoms with Crippen LogP contribution in [0, 0.1) is 13.8 Å². The topological polar surface area (TPSA) is 56.2 Å². The van der Waals surface area contributed by atoms with E-state index >= 15 is 0 Å². The standard InChI is InChI=1S/C9H11FN4/c1-5-7(3-10)6(2)14-8(5)9(11)12-4-13-14/h4H,3H2,1-2H3,(H2,11,12,13). The maximum Gasteiger partial charge on any atom is 0.151 e. The first-order chi connectivity index (χ1) is 6.66. The number of rotatable bonds is 1. The van der Waals surface area contributed by atoms with Crippen LogP contribution in [0.2, 0.25) is 0 Å². The van der Waals surface area contributed by atoms with Crippen molar-refractivity contribution in [1.29, 1.82) is 0 Å². The molecule has 0 radical (unpaired) electrons. The van der Waals surface area contributed by atoms with E-state index in [4.69, 9.17) is 5.73 Å². The first kappa shape index (κ1) is 8.93. The molecule has 0 aliphatic rings. The van der Waals surface area contributed by atoms with Gasteiger partial charge in [-0.25, -0.2) is 13.9 Å². The molecule has 2 aromatic heterocycles. The summed E-state index contributed by atoms with van der Waals surface area (Å²) >= 11 is 0. The van der Waals surface area contributed by atoms with Gasteiger partial charge in [0.15, 0.2) is 5.82 Å². The van der Waals surface area contributed by atoms with Gasteiger partial charge in [0.25, 0.3) is 0 Å². The smallest absolute Gasteiger partial charge is 0.151 e. The first-order valence-electron chi connectivity index (χ1n) is 4.30. The highest BCUT2D eigenvalue weighted by atomic mass is 19.1. The van der Waals surface area contributed by atoms with Crippen molar-refractivity contribution in [2.45, 2.75) is 20.5 Å². The van der Waals surface area contributed by atoms with Gasteiger partial charge in [-0.2, -0.15) is 5.10 Å². The third-order valence-corrected chi connectivity index (χ3v) is 2.51. The number of anilines is 1. The third-order valence-electron chi connectivity index (χ3n) is 2.51. The summed E-state index contributed by atoms with van der Waals surface area (Å²) in [6.07, 6.45) is 1.37. The number of halogens is 1. The summed E-state index contributed by atoms with van der Waals surface area (Å²) in [4.78, 5) is 3.88. The fourth-order valence-corrected chi connectivity index (χ4v) is 1.71. The van der Waals surface area contributed by atoms with E-state index < -0.39 is 6.67 Å². The van der Waals surface area contributed by atoms with Crippen LogP contribution in [0.4, 0.5) is 10.2 Å². The van der Waals surface area contributed by atoms with Crippen molar-refractivity contribution in [3.8, 4) is 0 Å². The second kappa shape index (κ2) is 2.94. The van der Waals surface area contributed by atoms with E-state index in [-0.39, 0.29) is 0 Å². The van der Waals surface area contributed by atoms with Crippen LogP contribution in [0.3, 0.4) is 0 Å². The Labute approximate surface area is 80.6 Å². The van der Waals surface area contributed by atoms with Gasteiger partial charge in [0, 0.05) is 11.3 Å². The van der Waals surface area contributed by atoms with Crippen molar-refractivity contribution >= 4 is 11.3 Å². The minimum atomic E-state index is -0.500. The highest BCUT2D eigenvalue weighted by molar-refractivity contribution is 5.72. The van der Waals surface area contributed by atoms with Crippen LogP contribution in [-0.4, -0.2) is 14.6 Å². The van der Waals surface area contributed by atoms with Crippen molar-refractivity contribution in [1.82, 2.24) is 14.6 Å². The van der Waals surface area contributed by atoms with Crippen LogP contribution in [0.25, 0.3) is 5.52 Å². The van der Waals surface area contributed by atoms with Gasteiger partial charge in [0.2, 0.25) is 0 Å². The Morgan fingerprint density at radius 3 is 2.79 bits per heavy atom. The molecular weight excluding hydrogens is 183 g/mol. The Kier molecular flexibility index (Phi) is 1.87. The highest BCUT2D eigenvalue weighted by Crippen LogP contribution is 2.24. The Bertz CT molecular complexity index is 489. The third kappa shape index (κ3) is 0.982. The van der Waals surface area contributed by atoms with Crippen LogP contribution in [0.1, 0.15) is 16.8 Å². The van der Waals surface area contributed by atoms with Gasteiger partial charge in [-0.3, -0.25) is 0 Å². The Morgan fingerprint density at radius 1 is 1.50 bits per heavy atom. The van der Waals surface area contributed by atoms with E-state index in [0.717, 1.165) is 11.3 Å². The monoisotopic (exact) mass is 194 g/mol. The van der Waals surface area contributed by atoms with Gasteiger partial charge >= 0.3 is 0 Å². The van der Waals surface area contributed by atoms with Crippen molar-refractivity contribution < 1.29 is 4.39 Å². The molecule has 0 aliphatic heterocycles. The van der Waals surface area contributed by atoms with Gasteiger partial charge in [-0.05, 0) is 19.4 Å². The number of hydrogen-bond donors (Lipinski definition) is 1. The molecule has 0 atom stereocenters. The number of aromatic nitrogens is 3. The van der Waals surface area contributed by atoms with E-state index in [1.54, 1.807) is 4.52 Å². The van der Waals surface area contributed by atoms with Gasteiger partial charge in [-0.1, -0.05) is 0 Å². The highest BCUT2D eigenvalue weighted by Gasteiger charge is 2.14. The number of fused-ring (bicyclic) bond motifs is 1. The van der Waals surface area contributed by atoms with Gasteiger partial charge in [0.1, 0.15) is 18.5 Å². The predicted octanol–water partition coefficient (Wildman–Crippen LogP) is 1.40. The Hall–Kier alpha value is -1.65. The normalized spacial score (nSPS) is 11.1. The molecule has 2 rings (SSSR count). The van der Waals surface area contributed by atoms with Crippen molar-refractivity contribution in [3.05, 3.63) is 23.1 Å². The zero-order chi connectivity index (χ0) is 10.3. The average molecular weight is 194 g/mol. The molecular formula is C9H11FN4. The van der Waals surface area contributed by atoms with Gasteiger partial charge in [0.05, 0.1) is 0 Å². The number of nitrogen functional groups attached to an aromatic ring is 1. The van der Waals surface area contributed by atoms with Gasteiger partial charge < -0.3 is 5.73 Å². The van der Waals surface area contributed by atoms with Crippen LogP contribution in [0.5, 0.6) is 0 Å². The molecule has 0 saturated carbocycles. The summed E-state index contributed by atoms with van der Waals surface area (Å²) in [6, 6.07) is 0. The second-order valence-electron chi connectivity index (χ2n) is 3.23. The summed E-state index contributed by atoms with van der Waals surface area (Å²) in [7, 11) is 0. The van der Waals surface area contributed by atoms with Crippen LogP contribution in [0.15, 0.2) is 6.33 Å². The summed E-state index contributed by atoms with van der Waals surface area (Å²) in [5.41, 5.74) is 8.66. The molecule has 0 saturated heterocycles. The van der Waals surface area contributed by atoms with E-state index in [1.807, 2.05) is 13.8 Å². The number of hydrogen-bond acceptors (Lipinski definition) is 3. The zero-order valence-corrected chi connectivity index (χ0v) is 8.08. The lowest BCUT2D eigenvalue weighted by Crippen LogP contribution is -2.00. The summed E-state index contributed by atoms with van der Waals surface area (Å²) < 4.78 is 14.3. The minimum Gasteiger partial charge on any atom is -0.382 e. The lowest BCUT2D eigenvalue weighted by molar-refractivity contribution is 0.481. The summed E-state index contributed by atoms with van der Waals surface area (Å²) in [6.45, 7) is 3.15. The van der Waals surface area contributed by atoms with E-state index in [2.05, 4.69) is 10.1 Å². The van der Waals surface area contributed by atoms with E-state index in [0.29, 0.717) is 16.9 Å². The zero-order valence-electron chi connectivity index (χ0n) is 8.08. The molecule has 2 aromatic rings. The molecule has 0 amide bonds. The molecule has 0 bridgehead atoms. The Morgan fingerprint density at radius 2 is 2.21 bits per heavy atom. The molecule has 5 heteroatoms. The molecule has 2 heterocycles. The average Bonchev–Trinajstić information content (AvgIpc) is 2.41. The Balaban J connectivity index is 2.94. The SMILES string of the molecule is Cc1c(CF)c(C)n2ncnc(N)c12. The second-order valence-corrected chi connectivity index (χ2v) is 3.23. The minimum absolute atomic E-state index is 0.389. The number of nitrogens with zero attached hydrogens (tertiary/aromatic N) is 3. The quantitative estimate of drug-likeness (QED) is 0.746. The fraction of sp³-hybridized carbons (Fsp3) is 0.333. The first-order valence-corrected chi connectivity index (χ1v) is 4.30. The van der Waals surface area contributed by atoms with Crippen LogP contribution >= 0.6 is 0 Å². The summed E-state index contributed by atoms with van der Waals surface area (Å²) in [5, 5.41) is 4.03. The molecule has 0 aromatic carbocycles. The van der Waals surface area contributed by atoms with Gasteiger partial charge in [-0.15, -0.1) is 0 Å². The molecule has 74 valence electrons. The molecule has 0 spiro atoms. The number of alkyl halides is 1. The maximum atomic E-state index is 12.7. The van der Waals surface area contributed by atoms with E-state index in [9.17, 15) is 4.39 Å². The number of nitrogens with two attached hydrogens (primary N) is 1. The van der Waals surface area contributed by atoms with E-state index in [1.165, 1.54) is 6.33 Å². The van der Waals surface area contributed by atoms with Crippen LogP contribution < -0.4 is 5.73 Å². The van der Waals surface area contributed by atoms with Crippen molar-refractivity contribution in [2.24, 2.45) is 0 Å². The maximum absolute atomic E-state index is 12.7. The number of aryl methyl sites for hydroxylation is 2. The summed E-state index contributed by atoms with van der Waals surface area (Å²) in [5.74, 6) is 0.389. The largest absolute Gasteiger partial charge is 0.382 e. The molecule has 14 heavy (non-hydrogen) atoms. The molecule has 0 unspecified atom stereocenters. The lowest BCUT2D eigenvalue weighted by Gasteiger charge is -1.98.